The van der Waals surface area contributed by atoms with Crippen LogP contribution >= 0.6 is 0 Å². The van der Waals surface area contributed by atoms with Crippen LogP contribution in [0, 0.1) is 0 Å². The number of hydrogen-bond acceptors (Lipinski definition) is 8. The molecule has 634 valence electrons. The molecule has 0 atom stereocenters. The zero-order valence-electron chi connectivity index (χ0n) is 83.7. The van der Waals surface area contributed by atoms with E-state index in [2.05, 4.69) is 340 Å². The van der Waals surface area contributed by atoms with Gasteiger partial charge in [0.05, 0.1) is 30.8 Å². The van der Waals surface area contributed by atoms with Crippen LogP contribution in [0.5, 0.6) is 5.75 Å². The van der Waals surface area contributed by atoms with Gasteiger partial charge < -0.3 is 44.6 Å². The highest BCUT2D eigenvalue weighted by atomic mass is 16.5. The van der Waals surface area contributed by atoms with Crippen molar-refractivity contribution in [1.29, 1.82) is 0 Å². The number of aryl methyl sites for hydroxylation is 3. The fourth-order valence-corrected chi connectivity index (χ4v) is 15.3. The average molecular weight is 1820 g/mol. The molecular weight excluding hydrogens is 1740 g/mol. The lowest BCUT2D eigenvalue weighted by atomic mass is 8.26. The van der Waals surface area contributed by atoms with E-state index in [0.717, 1.165) is 127 Å². The van der Waals surface area contributed by atoms with Gasteiger partial charge in [0, 0.05) is 501 Å². The van der Waals surface area contributed by atoms with Crippen molar-refractivity contribution in [1.82, 2.24) is 20.1 Å². The second kappa shape index (κ2) is 84.9. The molecule has 0 saturated heterocycles. The maximum Gasteiger partial charge on any atom is 0.373 e. The Morgan fingerprint density at radius 1 is 0.374 bits per heavy atom. The van der Waals surface area contributed by atoms with E-state index >= 15 is 0 Å². The number of aromatic nitrogens is 2. The van der Waals surface area contributed by atoms with E-state index in [4.69, 9.17) is 197 Å². The number of carbonyl (C=O) groups excluding carboxylic acids is 1. The molecule has 0 aliphatic carbocycles. The van der Waals surface area contributed by atoms with E-state index in [1.165, 1.54) is 36.8 Å². The number of nitrogens with one attached hydrogen (secondary N) is 3. The number of carbonyl (C=O) groups is 1. The van der Waals surface area contributed by atoms with Gasteiger partial charge in [-0.25, -0.2) is 9.78 Å². The zero-order chi connectivity index (χ0) is 108. The van der Waals surface area contributed by atoms with E-state index in [1.54, 1.807) is 6.82 Å². The Hall–Kier alpha value is -11.0. The minimum Gasteiger partial charge on any atom is -0.490 e. The highest BCUT2D eigenvalue weighted by Gasteiger charge is 2.58. The number of fused-ring (bicyclic) bond motifs is 1. The summed E-state index contributed by atoms with van der Waals surface area (Å²) in [6.45, 7) is 15.5. The Labute approximate surface area is 914 Å². The molecule has 3 aromatic carbocycles. The van der Waals surface area contributed by atoms with Crippen LogP contribution in [0.15, 0.2) is 345 Å². The summed E-state index contributed by atoms with van der Waals surface area (Å²) in [4.78, 5) is 19.1. The summed E-state index contributed by atoms with van der Waals surface area (Å²) in [5.74, 6) is 0.828. The Morgan fingerprint density at radius 2 is 0.667 bits per heavy atom. The van der Waals surface area contributed by atoms with Crippen molar-refractivity contribution in [2.24, 2.45) is 7.05 Å². The average Bonchev–Trinajstić information content (AvgIpc) is 1.20. The molecule has 46 radical (unpaired) electrons. The number of anilines is 2. The zero-order valence-corrected chi connectivity index (χ0v) is 83.7. The molecule has 2 heterocycles. The molecule has 5 rings (SSSR count). The number of imidazole rings is 1. The van der Waals surface area contributed by atoms with Gasteiger partial charge in [-0.1, -0.05) is 97.8 Å². The standard InChI is InChI=1S/C44H4.C30H41N5O3.C17H30BNO2.B44/c1-3-5-7-9-11-13-15-17-19-21-23-25-27-29-31-33-35-37-39-41-43-44-42-40-38-36-34-32-30-28-26-24-22-20-18-16-14-12-10-8-6-4-2;1-34-22-27(32-24-34)23-35-17-20-38-29-15-14-26(21-28(29)35)33-30(36)31-16-8-2-3-9-18-37-19-10-7-13-25-11-5-4-6-12-25;1-18(20)19-14-8-2-3-9-15-21-16-10-7-13-17-11-5-4-6-12-17;1-24(2)35(23)41(36(25(3)4)26(5)6)44(42(37(27(7)8)28(9)10)38(29(11)12)30(13)14)43(39(31(15)16)32(17)18)40(33(19)20)34(21)22/h1-2H2;4-6,11-12,14-15,21-22,24H,2-3,7-10,13,16-20,23H2,1H3,(H2,31,33,36);4-6,11-12,19-20H,2-3,7-10,13-16H2,1H3;. The van der Waals surface area contributed by atoms with Gasteiger partial charge in [-0.05, 0) is 212 Å². The lowest BCUT2D eigenvalue weighted by Gasteiger charge is -2.55. The predicted molar refractivity (Wildman–Crippen MR) is 654 cm³/mol. The third-order valence-corrected chi connectivity index (χ3v) is 21.6. The van der Waals surface area contributed by atoms with Crippen molar-refractivity contribution in [2.75, 3.05) is 62.9 Å². The van der Waals surface area contributed by atoms with Gasteiger partial charge in [0.2, 0.25) is 0 Å². The number of rotatable bonds is 48. The molecule has 0 unspecified atom stereocenters. The van der Waals surface area contributed by atoms with Gasteiger partial charge in [-0.3, -0.25) is 0 Å². The Balaban J connectivity index is 0.000000680. The van der Waals surface area contributed by atoms with Crippen LogP contribution in [0.4, 0.5) is 16.2 Å². The SMILES string of the molecule is C=C=C=C=C=C=C=C=C=C=C=C=C=C=C=C=C=C=C=C=C=C=C=C=C=C=C=C=C=C=C=C=C=C=C=C=C=C=C=C=C=C=C=C.CB(O)NCCCCCCOCCCCc1ccccc1.Cn1cnc(CN2CCOc3ccc(NC(=O)NCCCCCCOCCCCc4ccccc4)cc32)c1.[B]B([B])B([B])B(B(B([B])[B])B([B])[B])B(B(B(B([B])[B])B([B])[B])B(B([B])[B])B([B])[B])B(B(B([B])[B])B([B])[B])B(B([B])[B])B([B])[B]. The first kappa shape index (κ1) is 132. The molecule has 1 aliphatic rings. The number of nitrogens with zero attached hydrogens (tertiary/aromatic N) is 3. The lowest BCUT2D eigenvalue weighted by molar-refractivity contribution is 0.126. The molecule has 0 spiro atoms. The fourth-order valence-electron chi connectivity index (χ4n) is 15.3. The van der Waals surface area contributed by atoms with Gasteiger partial charge in [0.25, 0.3) is 0 Å². The van der Waals surface area contributed by atoms with Crippen LogP contribution in [0.3, 0.4) is 0 Å². The summed E-state index contributed by atoms with van der Waals surface area (Å²) < 4.78 is 19.2. The third kappa shape index (κ3) is 62.2. The summed E-state index contributed by atoms with van der Waals surface area (Å²) in [6.07, 6.45) is -5.67. The highest BCUT2D eigenvalue weighted by molar-refractivity contribution is 8.33. The van der Waals surface area contributed by atoms with Crippen LogP contribution in [0.1, 0.15) is 93.9 Å². The van der Waals surface area contributed by atoms with E-state index < -0.39 is 134 Å². The molecular formula is C91H75B45N6O5. The second-order valence-corrected chi connectivity index (χ2v) is 32.9. The molecule has 56 heteroatoms. The molecule has 1 aliphatic heterocycles. The molecule has 4 aromatic rings. The summed E-state index contributed by atoms with van der Waals surface area (Å²) >= 11 is 0. The van der Waals surface area contributed by atoms with Crippen molar-refractivity contribution in [2.45, 2.75) is 103 Å². The number of benzene rings is 3. The molecule has 147 heavy (non-hydrogen) atoms. The van der Waals surface area contributed by atoms with Gasteiger partial charge in [0.15, 0.2) is 0 Å². The smallest absolute Gasteiger partial charge is 0.373 e. The first-order valence-corrected chi connectivity index (χ1v) is 47.4. The van der Waals surface area contributed by atoms with Crippen LogP contribution in [-0.2, 0) is 35.9 Å². The van der Waals surface area contributed by atoms with Crippen LogP contribution in [0.2, 0.25) is 6.82 Å². The summed E-state index contributed by atoms with van der Waals surface area (Å²) in [7, 11) is 147. The highest BCUT2D eigenvalue weighted by Crippen LogP contribution is 2.35. The van der Waals surface area contributed by atoms with Gasteiger partial charge in [0.1, 0.15) is 12.4 Å². The number of urea groups is 1. The Morgan fingerprint density at radius 3 is 0.959 bits per heavy atom. The number of amides is 2. The fraction of sp³-hybridized carbons (Fsp3) is 0.275. The van der Waals surface area contributed by atoms with E-state index in [1.807, 2.05) is 42.3 Å². The van der Waals surface area contributed by atoms with Gasteiger partial charge in [-0.2, -0.15) is 0 Å². The van der Waals surface area contributed by atoms with E-state index in [0.29, 0.717) is 19.7 Å². The van der Waals surface area contributed by atoms with Crippen molar-refractivity contribution in [3.63, 3.8) is 0 Å². The molecule has 1 aromatic heterocycles. The molecule has 2 amide bonds. The number of ether oxygens (including phenoxy) is 3. The lowest BCUT2D eigenvalue weighted by Crippen LogP contribution is -2.93. The second-order valence-electron chi connectivity index (χ2n) is 32.9. The number of hydrogen-bond donors (Lipinski definition) is 4. The van der Waals surface area contributed by atoms with Gasteiger partial charge >= 0.3 is 13.1 Å². The summed E-state index contributed by atoms with van der Waals surface area (Å²) in [5, 5.41) is 18.0. The first-order chi connectivity index (χ1) is 70.8. The maximum absolute atomic E-state index is 12.4. The van der Waals surface area contributed by atoms with Gasteiger partial charge in [-0.15, -0.1) is 0 Å². The van der Waals surface area contributed by atoms with E-state index in [-0.39, 0.29) is 13.1 Å². The predicted octanol–water partition coefficient (Wildman–Crippen LogP) is -0.612. The summed E-state index contributed by atoms with van der Waals surface area (Å²) in [6, 6.07) is 26.8. The minimum absolute atomic E-state index is 0.184. The normalized spacial score (nSPS) is 8.85. The molecule has 0 fully saturated rings. The van der Waals surface area contributed by atoms with Crippen LogP contribution in [0.25, 0.3) is 0 Å². The minimum atomic E-state index is -1.27. The molecule has 0 saturated carbocycles. The summed E-state index contributed by atoms with van der Waals surface area (Å²) in [5.41, 5.74) is 110. The van der Waals surface area contributed by atoms with E-state index in [9.17, 15) is 4.79 Å². The van der Waals surface area contributed by atoms with Crippen LogP contribution < -0.4 is 25.5 Å². The Bertz CT molecular complexity index is 6250. The largest absolute Gasteiger partial charge is 0.490 e. The Kier molecular flexibility index (Phi) is 76.2. The van der Waals surface area contributed by atoms with Crippen molar-refractivity contribution < 1.29 is 24.0 Å². The number of unbranched alkanes of at least 4 members (excludes halogenated alkanes) is 8. The monoisotopic (exact) mass is 1830 g/mol. The topological polar surface area (TPSA) is 122 Å². The third-order valence-electron chi connectivity index (χ3n) is 21.6. The molecule has 4 N–H and O–H groups in total. The van der Waals surface area contributed by atoms with Crippen molar-refractivity contribution >= 4 is 336 Å². The van der Waals surface area contributed by atoms with Crippen LogP contribution in [-0.4, -0.2) is 392 Å². The van der Waals surface area contributed by atoms with Crippen molar-refractivity contribution in [3.05, 3.63) is 362 Å². The molecule has 0 bridgehead atoms. The maximum atomic E-state index is 12.4. The molecule has 11 nitrogen and oxygen atoms in total. The first-order valence-electron chi connectivity index (χ1n) is 47.4. The quantitative estimate of drug-likeness (QED) is 0.0263. The van der Waals surface area contributed by atoms with Crippen molar-refractivity contribution in [3.8, 4) is 5.75 Å².